The molecular weight excluding hydrogens is 242 g/mol. The van der Waals surface area contributed by atoms with E-state index in [4.69, 9.17) is 0 Å². The zero-order valence-electron chi connectivity index (χ0n) is 10.9. The molecule has 2 aromatic heterocycles. The number of hydrogen-bond acceptors (Lipinski definition) is 4. The summed E-state index contributed by atoms with van der Waals surface area (Å²) in [6, 6.07) is 6.70. The van der Waals surface area contributed by atoms with Crippen LogP contribution in [0.4, 0.5) is 5.82 Å². The van der Waals surface area contributed by atoms with E-state index in [2.05, 4.69) is 52.7 Å². The van der Waals surface area contributed by atoms with Gasteiger partial charge >= 0.3 is 0 Å². The van der Waals surface area contributed by atoms with Gasteiger partial charge in [-0.2, -0.15) is 0 Å². The van der Waals surface area contributed by atoms with E-state index < -0.39 is 0 Å². The highest BCUT2D eigenvalue weighted by Crippen LogP contribution is 2.14. The lowest BCUT2D eigenvalue weighted by Gasteiger charge is -2.13. The number of thiophene rings is 1. The predicted molar refractivity (Wildman–Crippen MR) is 77.1 cm³/mol. The van der Waals surface area contributed by atoms with Crippen LogP contribution >= 0.6 is 11.3 Å². The Morgan fingerprint density at radius 2 is 2.28 bits per heavy atom. The van der Waals surface area contributed by atoms with Crippen LogP contribution < -0.4 is 5.32 Å². The average Bonchev–Trinajstić information content (AvgIpc) is 2.82. The SMILES string of the molecule is CCCc1cc(NC(C)Cc2cccs2)ncn1. The summed E-state index contributed by atoms with van der Waals surface area (Å²) in [5, 5.41) is 5.55. The van der Waals surface area contributed by atoms with Gasteiger partial charge in [0.05, 0.1) is 0 Å². The smallest absolute Gasteiger partial charge is 0.129 e. The molecular formula is C14H19N3S. The molecule has 0 fully saturated rings. The van der Waals surface area contributed by atoms with Crippen LogP contribution in [0, 0.1) is 0 Å². The molecule has 0 saturated heterocycles. The maximum absolute atomic E-state index is 4.27. The summed E-state index contributed by atoms with van der Waals surface area (Å²) in [7, 11) is 0. The molecule has 2 heterocycles. The van der Waals surface area contributed by atoms with Gasteiger partial charge in [-0.25, -0.2) is 9.97 Å². The third-order valence-corrected chi connectivity index (χ3v) is 3.61. The van der Waals surface area contributed by atoms with Crippen molar-refractivity contribution in [2.24, 2.45) is 0 Å². The Kier molecular flexibility index (Phi) is 4.70. The standard InChI is InChI=1S/C14H19N3S/c1-3-5-12-9-14(16-10-15-12)17-11(2)8-13-6-4-7-18-13/h4,6-7,9-11H,3,5,8H2,1-2H3,(H,15,16,17). The number of nitrogens with one attached hydrogen (secondary N) is 1. The van der Waals surface area contributed by atoms with Crippen LogP contribution in [0.25, 0.3) is 0 Å². The molecule has 0 aliphatic rings. The van der Waals surface area contributed by atoms with Crippen molar-refractivity contribution < 1.29 is 0 Å². The lowest BCUT2D eigenvalue weighted by atomic mass is 10.2. The van der Waals surface area contributed by atoms with Gasteiger partial charge in [-0.15, -0.1) is 11.3 Å². The van der Waals surface area contributed by atoms with Crippen molar-refractivity contribution in [3.63, 3.8) is 0 Å². The Morgan fingerprint density at radius 1 is 1.39 bits per heavy atom. The molecule has 1 unspecified atom stereocenters. The molecule has 0 aliphatic carbocycles. The Hall–Kier alpha value is -1.42. The molecule has 0 saturated carbocycles. The van der Waals surface area contributed by atoms with Crippen molar-refractivity contribution in [1.29, 1.82) is 0 Å². The van der Waals surface area contributed by atoms with Crippen LogP contribution in [-0.4, -0.2) is 16.0 Å². The van der Waals surface area contributed by atoms with Gasteiger partial charge in [0.25, 0.3) is 0 Å². The van der Waals surface area contributed by atoms with Crippen LogP contribution in [0.5, 0.6) is 0 Å². The summed E-state index contributed by atoms with van der Waals surface area (Å²) >= 11 is 1.80. The number of aryl methyl sites for hydroxylation is 1. The number of hydrogen-bond donors (Lipinski definition) is 1. The predicted octanol–water partition coefficient (Wildman–Crippen LogP) is 3.53. The highest BCUT2D eigenvalue weighted by molar-refractivity contribution is 7.09. The van der Waals surface area contributed by atoms with Gasteiger partial charge in [0.1, 0.15) is 12.1 Å². The molecule has 0 spiro atoms. The first-order chi connectivity index (χ1) is 8.78. The van der Waals surface area contributed by atoms with E-state index in [9.17, 15) is 0 Å². The van der Waals surface area contributed by atoms with Crippen molar-refractivity contribution in [2.75, 3.05) is 5.32 Å². The van der Waals surface area contributed by atoms with E-state index in [0.717, 1.165) is 30.8 Å². The minimum atomic E-state index is 0.382. The van der Waals surface area contributed by atoms with Crippen LogP contribution in [0.1, 0.15) is 30.8 Å². The van der Waals surface area contributed by atoms with Crippen molar-refractivity contribution in [1.82, 2.24) is 9.97 Å². The van der Waals surface area contributed by atoms with Crippen molar-refractivity contribution in [3.05, 3.63) is 40.5 Å². The number of nitrogens with zero attached hydrogens (tertiary/aromatic N) is 2. The number of anilines is 1. The molecule has 0 bridgehead atoms. The zero-order chi connectivity index (χ0) is 12.8. The van der Waals surface area contributed by atoms with E-state index in [1.807, 2.05) is 0 Å². The number of aromatic nitrogens is 2. The summed E-state index contributed by atoms with van der Waals surface area (Å²) in [4.78, 5) is 9.94. The second kappa shape index (κ2) is 6.50. The van der Waals surface area contributed by atoms with Crippen LogP contribution in [-0.2, 0) is 12.8 Å². The van der Waals surface area contributed by atoms with Gasteiger partial charge < -0.3 is 5.32 Å². The van der Waals surface area contributed by atoms with Crippen molar-refractivity contribution >= 4 is 17.2 Å². The fourth-order valence-corrected chi connectivity index (χ4v) is 2.74. The van der Waals surface area contributed by atoms with Gasteiger partial charge in [-0.1, -0.05) is 19.4 Å². The lowest BCUT2D eigenvalue weighted by molar-refractivity contribution is 0.789. The molecule has 0 aromatic carbocycles. The minimum absolute atomic E-state index is 0.382. The topological polar surface area (TPSA) is 37.8 Å². The van der Waals surface area contributed by atoms with Gasteiger partial charge in [0.2, 0.25) is 0 Å². The molecule has 3 nitrogen and oxygen atoms in total. The minimum Gasteiger partial charge on any atom is -0.367 e. The van der Waals surface area contributed by atoms with E-state index in [0.29, 0.717) is 6.04 Å². The molecule has 1 N–H and O–H groups in total. The summed E-state index contributed by atoms with van der Waals surface area (Å²) in [6.07, 6.45) is 4.80. The van der Waals surface area contributed by atoms with Gasteiger partial charge in [-0.05, 0) is 24.8 Å². The third kappa shape index (κ3) is 3.81. The monoisotopic (exact) mass is 261 g/mol. The van der Waals surface area contributed by atoms with Crippen LogP contribution in [0.2, 0.25) is 0 Å². The Bertz CT molecular complexity index is 468. The zero-order valence-corrected chi connectivity index (χ0v) is 11.7. The van der Waals surface area contributed by atoms with E-state index in [1.54, 1.807) is 17.7 Å². The number of rotatable bonds is 6. The molecule has 0 radical (unpaired) electrons. The molecule has 18 heavy (non-hydrogen) atoms. The Balaban J connectivity index is 1.93. The van der Waals surface area contributed by atoms with Crippen LogP contribution in [0.15, 0.2) is 29.9 Å². The molecule has 1 atom stereocenters. The molecule has 0 amide bonds. The molecule has 2 rings (SSSR count). The third-order valence-electron chi connectivity index (χ3n) is 2.71. The van der Waals surface area contributed by atoms with Gasteiger partial charge in [0, 0.05) is 29.1 Å². The quantitative estimate of drug-likeness (QED) is 0.864. The summed E-state index contributed by atoms with van der Waals surface area (Å²) in [6.45, 7) is 4.34. The second-order valence-electron chi connectivity index (χ2n) is 4.47. The lowest BCUT2D eigenvalue weighted by Crippen LogP contribution is -2.18. The largest absolute Gasteiger partial charge is 0.367 e. The van der Waals surface area contributed by atoms with E-state index in [-0.39, 0.29) is 0 Å². The highest BCUT2D eigenvalue weighted by Gasteiger charge is 2.06. The first-order valence-electron chi connectivity index (χ1n) is 6.37. The maximum atomic E-state index is 4.27. The average molecular weight is 261 g/mol. The van der Waals surface area contributed by atoms with Gasteiger partial charge in [0.15, 0.2) is 0 Å². The van der Waals surface area contributed by atoms with E-state index in [1.165, 1.54) is 4.88 Å². The second-order valence-corrected chi connectivity index (χ2v) is 5.51. The van der Waals surface area contributed by atoms with Gasteiger partial charge in [-0.3, -0.25) is 0 Å². The summed E-state index contributed by atoms with van der Waals surface area (Å²) < 4.78 is 0. The first kappa shape index (κ1) is 13.0. The highest BCUT2D eigenvalue weighted by atomic mass is 32.1. The summed E-state index contributed by atoms with van der Waals surface area (Å²) in [5.41, 5.74) is 1.11. The van der Waals surface area contributed by atoms with E-state index >= 15 is 0 Å². The Labute approximate surface area is 112 Å². The molecule has 4 heteroatoms. The molecule has 96 valence electrons. The molecule has 0 aliphatic heterocycles. The first-order valence-corrected chi connectivity index (χ1v) is 7.25. The molecule has 2 aromatic rings. The fraction of sp³-hybridized carbons (Fsp3) is 0.429. The van der Waals surface area contributed by atoms with Crippen molar-refractivity contribution in [2.45, 2.75) is 39.2 Å². The normalized spacial score (nSPS) is 12.3. The fourth-order valence-electron chi connectivity index (χ4n) is 1.90. The van der Waals surface area contributed by atoms with Crippen LogP contribution in [0.3, 0.4) is 0 Å². The maximum Gasteiger partial charge on any atom is 0.129 e. The summed E-state index contributed by atoms with van der Waals surface area (Å²) in [5.74, 6) is 0.928. The Morgan fingerprint density at radius 3 is 3.00 bits per heavy atom. The van der Waals surface area contributed by atoms with Crippen molar-refractivity contribution in [3.8, 4) is 0 Å².